The van der Waals surface area contributed by atoms with Crippen LogP contribution in [0.15, 0.2) is 59.6 Å². The first kappa shape index (κ1) is 23.1. The summed E-state index contributed by atoms with van der Waals surface area (Å²) in [6.45, 7) is 1.38. The third kappa shape index (κ3) is 4.67. The summed E-state index contributed by atoms with van der Waals surface area (Å²) in [4.78, 5) is 18.0. The summed E-state index contributed by atoms with van der Waals surface area (Å²) in [7, 11) is 0.711. The van der Waals surface area contributed by atoms with Crippen molar-refractivity contribution in [3.63, 3.8) is 0 Å². The Morgan fingerprint density at radius 1 is 1.15 bits per heavy atom. The van der Waals surface area contributed by atoms with Crippen LogP contribution in [-0.4, -0.2) is 62.8 Å². The first-order valence-electron chi connectivity index (χ1n) is 10.9. The molecular weight excluding hydrogens is 438 g/mol. The second-order valence-electron chi connectivity index (χ2n) is 8.42. The molecule has 0 saturated carbocycles. The van der Waals surface area contributed by atoms with Crippen LogP contribution < -0.4 is 4.74 Å². The Kier molecular flexibility index (Phi) is 6.58. The van der Waals surface area contributed by atoms with E-state index in [1.54, 1.807) is 18.2 Å². The Labute approximate surface area is 194 Å². The van der Waals surface area contributed by atoms with Gasteiger partial charge in [-0.05, 0) is 54.2 Å². The van der Waals surface area contributed by atoms with E-state index >= 15 is 0 Å². The van der Waals surface area contributed by atoms with Gasteiger partial charge in [-0.2, -0.15) is 0 Å². The monoisotopic (exact) mass is 467 g/mol. The predicted octanol–water partition coefficient (Wildman–Crippen LogP) is 3.85. The van der Waals surface area contributed by atoms with Gasteiger partial charge in [-0.15, -0.1) is 0 Å². The molecule has 0 radical (unpaired) electrons. The highest BCUT2D eigenvalue weighted by molar-refractivity contribution is 7.89. The molecule has 33 heavy (non-hydrogen) atoms. The van der Waals surface area contributed by atoms with E-state index < -0.39 is 10.0 Å². The number of fused-ring (bicyclic) bond motifs is 1. The summed E-state index contributed by atoms with van der Waals surface area (Å²) in [5.74, 6) is 0.626. The number of aromatic amines is 1. The molecule has 0 bridgehead atoms. The zero-order chi connectivity index (χ0) is 23.6. The number of amides is 1. The highest BCUT2D eigenvalue weighted by Gasteiger charge is 2.25. The summed E-state index contributed by atoms with van der Waals surface area (Å²) in [6.07, 6.45) is 7.09. The Balaban J connectivity index is 1.43. The van der Waals surface area contributed by atoms with Gasteiger partial charge >= 0.3 is 0 Å². The van der Waals surface area contributed by atoms with Gasteiger partial charge in [-0.3, -0.25) is 4.79 Å². The van der Waals surface area contributed by atoms with Crippen LogP contribution in [0.2, 0.25) is 0 Å². The number of carbonyl (C=O) groups excluding carboxylic acids is 1. The van der Waals surface area contributed by atoms with Gasteiger partial charge in [0.15, 0.2) is 0 Å². The topological polar surface area (TPSA) is 82.7 Å². The largest absolute Gasteiger partial charge is 0.495 e. The molecule has 4 rings (SSSR count). The fourth-order valence-corrected chi connectivity index (χ4v) is 5.39. The Morgan fingerprint density at radius 3 is 2.58 bits per heavy atom. The number of carbonyl (C=O) groups is 1. The van der Waals surface area contributed by atoms with E-state index in [4.69, 9.17) is 4.74 Å². The maximum Gasteiger partial charge on any atom is 0.246 e. The van der Waals surface area contributed by atoms with Crippen molar-refractivity contribution in [3.8, 4) is 5.75 Å². The Hall–Kier alpha value is -3.10. The van der Waals surface area contributed by atoms with E-state index in [1.807, 2.05) is 11.0 Å². The molecule has 1 aromatic heterocycles. The lowest BCUT2D eigenvalue weighted by molar-refractivity contribution is -0.126. The standard InChI is InChI=1S/C25H29N3O4S/c1-27(2)33(30,31)24-16-18(8-10-23(24)32-3)9-11-25(29)28-14-12-19(13-15-28)21-17-26-22-7-5-4-6-20(21)22/h4-11,16-17,19,26H,12-15H2,1-3H3/b11-9+. The van der Waals surface area contributed by atoms with Crippen LogP contribution in [0, 0.1) is 0 Å². The normalized spacial score (nSPS) is 15.6. The second kappa shape index (κ2) is 9.41. The quantitative estimate of drug-likeness (QED) is 0.559. The van der Waals surface area contributed by atoms with Crippen LogP contribution in [0.1, 0.15) is 29.9 Å². The molecule has 1 fully saturated rings. The first-order chi connectivity index (χ1) is 15.8. The van der Waals surface area contributed by atoms with Crippen LogP contribution >= 0.6 is 0 Å². The van der Waals surface area contributed by atoms with Gasteiger partial charge in [0.05, 0.1) is 7.11 Å². The lowest BCUT2D eigenvalue weighted by atomic mass is 9.89. The smallest absolute Gasteiger partial charge is 0.246 e. The average molecular weight is 468 g/mol. The van der Waals surface area contributed by atoms with Gasteiger partial charge in [-0.1, -0.05) is 24.3 Å². The van der Waals surface area contributed by atoms with Crippen molar-refractivity contribution in [3.05, 3.63) is 65.9 Å². The number of aromatic nitrogens is 1. The number of benzene rings is 2. The molecule has 0 unspecified atom stereocenters. The second-order valence-corrected chi connectivity index (χ2v) is 10.5. The summed E-state index contributed by atoms with van der Waals surface area (Å²) < 4.78 is 31.6. The van der Waals surface area contributed by atoms with Crippen LogP contribution in [0.4, 0.5) is 0 Å². The van der Waals surface area contributed by atoms with Crippen molar-refractivity contribution in [1.82, 2.24) is 14.2 Å². The summed E-state index contributed by atoms with van der Waals surface area (Å²) in [5, 5.41) is 1.25. The number of hydrogen-bond acceptors (Lipinski definition) is 4. The van der Waals surface area contributed by atoms with Gasteiger partial charge in [0.2, 0.25) is 15.9 Å². The number of hydrogen-bond donors (Lipinski definition) is 1. The molecule has 174 valence electrons. The molecule has 7 nitrogen and oxygen atoms in total. The Bertz CT molecular complexity index is 1290. The third-order valence-electron chi connectivity index (χ3n) is 6.23. The molecule has 1 aliphatic heterocycles. The molecule has 1 amide bonds. The summed E-state index contributed by atoms with van der Waals surface area (Å²) >= 11 is 0. The molecule has 0 atom stereocenters. The number of rotatable bonds is 6. The van der Waals surface area contributed by atoms with Crippen molar-refractivity contribution in [2.24, 2.45) is 0 Å². The number of methoxy groups -OCH3 is 1. The zero-order valence-electron chi connectivity index (χ0n) is 19.1. The summed E-state index contributed by atoms with van der Waals surface area (Å²) in [6, 6.07) is 13.2. The highest BCUT2D eigenvalue weighted by atomic mass is 32.2. The van der Waals surface area contributed by atoms with E-state index in [1.165, 1.54) is 44.3 Å². The molecule has 2 heterocycles. The van der Waals surface area contributed by atoms with Crippen molar-refractivity contribution < 1.29 is 17.9 Å². The van der Waals surface area contributed by atoms with Crippen LogP contribution in [-0.2, 0) is 14.8 Å². The minimum Gasteiger partial charge on any atom is -0.495 e. The fraction of sp³-hybridized carbons (Fsp3) is 0.320. The molecule has 1 N–H and O–H groups in total. The van der Waals surface area contributed by atoms with Gasteiger partial charge < -0.3 is 14.6 Å². The lowest BCUT2D eigenvalue weighted by Gasteiger charge is -2.31. The number of nitrogens with one attached hydrogen (secondary N) is 1. The van der Waals surface area contributed by atoms with Crippen molar-refractivity contribution in [1.29, 1.82) is 0 Å². The molecule has 3 aromatic rings. The molecule has 2 aromatic carbocycles. The third-order valence-corrected chi connectivity index (χ3v) is 8.07. The molecular formula is C25H29N3O4S. The average Bonchev–Trinajstić information content (AvgIpc) is 3.26. The lowest BCUT2D eigenvalue weighted by Crippen LogP contribution is -2.36. The van der Waals surface area contributed by atoms with Crippen molar-refractivity contribution in [2.75, 3.05) is 34.3 Å². The first-order valence-corrected chi connectivity index (χ1v) is 12.4. The number of nitrogens with zero attached hydrogens (tertiary/aromatic N) is 2. The fourth-order valence-electron chi connectivity index (χ4n) is 4.31. The molecule has 0 aliphatic carbocycles. The van der Waals surface area contributed by atoms with E-state index in [0.717, 1.165) is 22.7 Å². The molecule has 1 aliphatic rings. The number of para-hydroxylation sites is 1. The number of sulfonamides is 1. The van der Waals surface area contributed by atoms with Gasteiger partial charge in [0.1, 0.15) is 10.6 Å². The van der Waals surface area contributed by atoms with E-state index in [9.17, 15) is 13.2 Å². The number of ether oxygens (including phenoxy) is 1. The minimum absolute atomic E-state index is 0.0692. The predicted molar refractivity (Wildman–Crippen MR) is 130 cm³/mol. The van der Waals surface area contributed by atoms with Gasteiger partial charge in [-0.25, -0.2) is 12.7 Å². The maximum absolute atomic E-state index is 12.8. The minimum atomic E-state index is -3.67. The van der Waals surface area contributed by atoms with Gasteiger partial charge in [0.25, 0.3) is 0 Å². The van der Waals surface area contributed by atoms with Gasteiger partial charge in [0, 0.05) is 50.4 Å². The van der Waals surface area contributed by atoms with Crippen molar-refractivity contribution >= 4 is 32.9 Å². The Morgan fingerprint density at radius 2 is 1.88 bits per heavy atom. The summed E-state index contributed by atoms with van der Waals surface area (Å²) in [5.41, 5.74) is 3.09. The van der Waals surface area contributed by atoms with Crippen molar-refractivity contribution in [2.45, 2.75) is 23.7 Å². The SMILES string of the molecule is COc1ccc(/C=C/C(=O)N2CCC(c3c[nH]c4ccccc34)CC2)cc1S(=O)(=O)N(C)C. The zero-order valence-corrected chi connectivity index (χ0v) is 19.9. The van der Waals surface area contributed by atoms with Crippen LogP contribution in [0.25, 0.3) is 17.0 Å². The number of piperidine rings is 1. The van der Waals surface area contributed by atoms with E-state index in [2.05, 4.69) is 29.4 Å². The highest BCUT2D eigenvalue weighted by Crippen LogP contribution is 2.33. The van der Waals surface area contributed by atoms with Crippen LogP contribution in [0.5, 0.6) is 5.75 Å². The number of likely N-dealkylation sites (tertiary alicyclic amines) is 1. The maximum atomic E-state index is 12.8. The molecule has 0 spiro atoms. The molecule has 8 heteroatoms. The van der Waals surface area contributed by atoms with E-state index in [-0.39, 0.29) is 16.6 Å². The number of H-pyrrole nitrogens is 1. The van der Waals surface area contributed by atoms with Crippen LogP contribution in [0.3, 0.4) is 0 Å². The van der Waals surface area contributed by atoms with E-state index in [0.29, 0.717) is 24.6 Å². The molecule has 1 saturated heterocycles.